The number of rotatable bonds is 6. The van der Waals surface area contributed by atoms with Crippen LogP contribution in [0.1, 0.15) is 45.1 Å². The monoisotopic (exact) mass is 676 g/mol. The average molecular weight is 677 g/mol. The predicted molar refractivity (Wildman–Crippen MR) is 166 cm³/mol. The minimum absolute atomic E-state index is 0.00885. The van der Waals surface area contributed by atoms with Gasteiger partial charge in [-0.25, -0.2) is 18.0 Å². The number of hydrogen-bond acceptors (Lipinski definition) is 8. The first-order valence-corrected chi connectivity index (χ1v) is 16.0. The highest BCUT2D eigenvalue weighted by Crippen LogP contribution is 2.51. The number of ether oxygens (including phenoxy) is 2. The molecule has 0 radical (unpaired) electrons. The number of nitrogens with one attached hydrogen (secondary N) is 1. The van der Waals surface area contributed by atoms with E-state index in [0.717, 1.165) is 18.6 Å². The minimum Gasteiger partial charge on any atom is -0.472 e. The van der Waals surface area contributed by atoms with E-state index in [1.807, 2.05) is 18.7 Å². The Balaban J connectivity index is 1.45. The van der Waals surface area contributed by atoms with Crippen molar-refractivity contribution in [2.24, 2.45) is 0 Å². The second-order valence-corrected chi connectivity index (χ2v) is 14.0. The molecule has 0 spiro atoms. The maximum atomic E-state index is 16.9. The first kappa shape index (κ1) is 31.7. The molecule has 8 nitrogen and oxygen atoms in total. The van der Waals surface area contributed by atoms with Crippen LogP contribution in [0.25, 0.3) is 37.0 Å². The second kappa shape index (κ2) is 11.1. The minimum atomic E-state index is -5.10. The maximum absolute atomic E-state index is 16.9. The number of aromatic nitrogens is 2. The zero-order valence-electron chi connectivity index (χ0n) is 25.4. The Kier molecular flexibility index (Phi) is 7.49. The van der Waals surface area contributed by atoms with Crippen LogP contribution in [-0.4, -0.2) is 64.5 Å². The smallest absolute Gasteiger partial charge is 0.417 e. The van der Waals surface area contributed by atoms with Gasteiger partial charge in [0, 0.05) is 29.5 Å². The Hall–Kier alpha value is -3.87. The van der Waals surface area contributed by atoms with Gasteiger partial charge >= 0.3 is 12.2 Å². The molecule has 3 aliphatic rings. The van der Waals surface area contributed by atoms with Gasteiger partial charge in [-0.2, -0.15) is 23.1 Å². The molecule has 0 amide bonds. The topological polar surface area (TPSA) is 89.9 Å². The molecule has 3 N–H and O–H groups in total. The summed E-state index contributed by atoms with van der Waals surface area (Å²) >= 11 is 0.693. The van der Waals surface area contributed by atoms with Crippen LogP contribution < -0.4 is 20.5 Å². The Morgan fingerprint density at radius 3 is 2.72 bits per heavy atom. The Labute approximate surface area is 269 Å². The molecule has 2 aromatic carbocycles. The molecular weight excluding hydrogens is 646 g/mol. The van der Waals surface area contributed by atoms with E-state index in [-0.39, 0.29) is 63.2 Å². The standard InChI is InChI=1S/C32H30F6N6O2S/c1-30(2)20(7-9-41-30)46-28-17-11-18(32(36,37)38)21(16-5-6-19(34)26-22(16)25(40-3)27(39)47-26)23(35)24(17)42-29(43-28)45-14-31-8-4-10-44(31)13-15(33)12-31/h5-6,11,15,20,41H,4,7-10,12-14,39H2,1-2H3. The van der Waals surface area contributed by atoms with Crippen molar-refractivity contribution in [3.05, 3.63) is 46.8 Å². The number of hydrogen-bond donors (Lipinski definition) is 2. The lowest BCUT2D eigenvalue weighted by atomic mass is 9.93. The van der Waals surface area contributed by atoms with Crippen molar-refractivity contribution in [2.45, 2.75) is 69.1 Å². The molecule has 3 aliphatic heterocycles. The molecule has 15 heteroatoms. The number of benzene rings is 2. The number of nitrogens with zero attached hydrogens (tertiary/aromatic N) is 4. The lowest BCUT2D eigenvalue weighted by Gasteiger charge is -2.31. The van der Waals surface area contributed by atoms with Gasteiger partial charge in [0.15, 0.2) is 5.82 Å². The van der Waals surface area contributed by atoms with Gasteiger partial charge < -0.3 is 20.5 Å². The van der Waals surface area contributed by atoms with E-state index in [0.29, 0.717) is 43.3 Å². The summed E-state index contributed by atoms with van der Waals surface area (Å²) in [6.07, 6.45) is -4.40. The number of alkyl halides is 4. The molecule has 3 saturated heterocycles. The van der Waals surface area contributed by atoms with Crippen molar-refractivity contribution in [1.29, 1.82) is 0 Å². The lowest BCUT2D eigenvalue weighted by Crippen LogP contribution is -2.44. The van der Waals surface area contributed by atoms with Gasteiger partial charge in [0.25, 0.3) is 0 Å². The van der Waals surface area contributed by atoms with Gasteiger partial charge in [-0.15, -0.1) is 11.3 Å². The molecule has 2 aromatic heterocycles. The van der Waals surface area contributed by atoms with E-state index >= 15 is 4.39 Å². The normalized spacial score (nSPS) is 24.2. The third-order valence-electron chi connectivity index (χ3n) is 9.63. The molecule has 7 rings (SSSR count). The van der Waals surface area contributed by atoms with Crippen molar-refractivity contribution in [3.8, 4) is 23.0 Å². The van der Waals surface area contributed by atoms with Crippen molar-refractivity contribution in [2.75, 3.05) is 32.0 Å². The van der Waals surface area contributed by atoms with Crippen LogP contribution in [0.2, 0.25) is 0 Å². The molecule has 0 bridgehead atoms. The Bertz CT molecular complexity index is 1960. The van der Waals surface area contributed by atoms with Crippen LogP contribution in [0.15, 0.2) is 18.2 Å². The summed E-state index contributed by atoms with van der Waals surface area (Å²) in [6, 6.07) is 2.29. The summed E-state index contributed by atoms with van der Waals surface area (Å²) < 4.78 is 103. The Morgan fingerprint density at radius 1 is 1.23 bits per heavy atom. The zero-order chi connectivity index (χ0) is 33.5. The molecule has 3 atom stereocenters. The summed E-state index contributed by atoms with van der Waals surface area (Å²) in [5.41, 5.74) is 1.29. The molecule has 0 saturated carbocycles. The van der Waals surface area contributed by atoms with Crippen LogP contribution >= 0.6 is 11.3 Å². The van der Waals surface area contributed by atoms with Gasteiger partial charge in [0.2, 0.25) is 11.6 Å². The largest absolute Gasteiger partial charge is 0.472 e. The van der Waals surface area contributed by atoms with Crippen molar-refractivity contribution in [3.63, 3.8) is 0 Å². The fraction of sp³-hybridized carbons (Fsp3) is 0.469. The number of halogens is 6. The number of nitrogens with two attached hydrogens (primary N) is 1. The van der Waals surface area contributed by atoms with Gasteiger partial charge in [-0.3, -0.25) is 4.90 Å². The molecule has 3 fully saturated rings. The fourth-order valence-electron chi connectivity index (χ4n) is 7.30. The summed E-state index contributed by atoms with van der Waals surface area (Å²) in [6.45, 7) is 12.8. The van der Waals surface area contributed by atoms with Crippen LogP contribution in [0, 0.1) is 18.2 Å². The van der Waals surface area contributed by atoms with Crippen molar-refractivity contribution >= 4 is 43.0 Å². The molecule has 47 heavy (non-hydrogen) atoms. The zero-order valence-corrected chi connectivity index (χ0v) is 26.2. The van der Waals surface area contributed by atoms with E-state index in [9.17, 15) is 22.0 Å². The summed E-state index contributed by atoms with van der Waals surface area (Å²) in [5.74, 6) is -2.49. The number of fused-ring (bicyclic) bond motifs is 3. The number of anilines is 1. The first-order valence-electron chi connectivity index (χ1n) is 15.2. The van der Waals surface area contributed by atoms with E-state index in [1.54, 1.807) is 0 Å². The molecule has 0 aliphatic carbocycles. The first-order chi connectivity index (χ1) is 22.2. The van der Waals surface area contributed by atoms with E-state index < -0.39 is 57.8 Å². The molecule has 5 heterocycles. The van der Waals surface area contributed by atoms with Crippen LogP contribution in [-0.2, 0) is 6.18 Å². The summed E-state index contributed by atoms with van der Waals surface area (Å²) in [4.78, 5) is 13.9. The van der Waals surface area contributed by atoms with Crippen LogP contribution in [0.3, 0.4) is 0 Å². The second-order valence-electron chi connectivity index (χ2n) is 13.0. The summed E-state index contributed by atoms with van der Waals surface area (Å²) in [7, 11) is 0. The van der Waals surface area contributed by atoms with E-state index in [1.165, 1.54) is 0 Å². The van der Waals surface area contributed by atoms with E-state index in [4.69, 9.17) is 21.8 Å². The van der Waals surface area contributed by atoms with Gasteiger partial charge in [-0.1, -0.05) is 6.07 Å². The van der Waals surface area contributed by atoms with Gasteiger partial charge in [-0.05, 0) is 63.9 Å². The Morgan fingerprint density at radius 2 is 2.02 bits per heavy atom. The molecular formula is C32H30F6N6O2S. The maximum Gasteiger partial charge on any atom is 0.417 e. The fourth-order valence-corrected chi connectivity index (χ4v) is 8.24. The van der Waals surface area contributed by atoms with Gasteiger partial charge in [0.05, 0.1) is 32.8 Å². The predicted octanol–water partition coefficient (Wildman–Crippen LogP) is 7.42. The third kappa shape index (κ3) is 5.21. The highest BCUT2D eigenvalue weighted by molar-refractivity contribution is 7.23. The quantitative estimate of drug-likeness (QED) is 0.162. The average Bonchev–Trinajstić information content (AvgIpc) is 3.73. The molecule has 248 valence electrons. The lowest BCUT2D eigenvalue weighted by molar-refractivity contribution is -0.137. The molecule has 4 aromatic rings. The number of thiophene rings is 1. The third-order valence-corrected chi connectivity index (χ3v) is 10.6. The highest BCUT2D eigenvalue weighted by Gasteiger charge is 2.49. The van der Waals surface area contributed by atoms with Crippen LogP contribution in [0.5, 0.6) is 11.9 Å². The highest BCUT2D eigenvalue weighted by atomic mass is 32.1. The van der Waals surface area contributed by atoms with Crippen molar-refractivity contribution in [1.82, 2.24) is 20.2 Å². The van der Waals surface area contributed by atoms with Crippen molar-refractivity contribution < 1.29 is 35.8 Å². The number of nitrogen functional groups attached to an aromatic ring is 1. The SMILES string of the molecule is [C-]#[N+]c1c(N)sc2c(F)ccc(-c3c(C(F)(F)F)cc4c(OC5CCNC5(C)C)nc(OCC56CCCN5CC(F)C6)nc4c3F)c12. The van der Waals surface area contributed by atoms with Gasteiger partial charge in [0.1, 0.15) is 30.2 Å². The van der Waals surface area contributed by atoms with E-state index in [2.05, 4.69) is 20.1 Å². The van der Waals surface area contributed by atoms with Crippen LogP contribution in [0.4, 0.5) is 37.0 Å². The molecule has 3 unspecified atom stereocenters. The summed E-state index contributed by atoms with van der Waals surface area (Å²) in [5, 5.41) is 2.59.